The van der Waals surface area contributed by atoms with E-state index >= 15 is 0 Å². The molecule has 0 spiro atoms. The molecule has 0 aliphatic carbocycles. The third-order valence-electron chi connectivity index (χ3n) is 4.74. The Balaban J connectivity index is 1.80. The second-order valence-electron chi connectivity index (χ2n) is 6.62. The fraction of sp³-hybridized carbons (Fsp3) is 0. The minimum absolute atomic E-state index is 0.0635. The molecule has 29 heavy (non-hydrogen) atoms. The average molecular weight is 395 g/mol. The number of fused-ring (bicyclic) bond motifs is 1. The fourth-order valence-electron chi connectivity index (χ4n) is 3.39. The van der Waals surface area contributed by atoms with Crippen LogP contribution < -0.4 is 20.3 Å². The summed E-state index contributed by atoms with van der Waals surface area (Å²) in [5, 5.41) is 4.50. The van der Waals surface area contributed by atoms with Crippen LogP contribution in [-0.4, -0.2) is 4.57 Å². The molecule has 1 aromatic heterocycles. The van der Waals surface area contributed by atoms with Crippen LogP contribution in [0.3, 0.4) is 0 Å². The highest BCUT2D eigenvalue weighted by Crippen LogP contribution is 2.25. The highest BCUT2D eigenvalue weighted by atomic mass is 32.1. The Morgan fingerprint density at radius 1 is 0.793 bits per heavy atom. The van der Waals surface area contributed by atoms with E-state index in [0.29, 0.717) is 9.33 Å². The molecule has 0 saturated carbocycles. The number of hydrogen-bond donors (Lipinski definition) is 1. The first kappa shape index (κ1) is 17.4. The highest BCUT2D eigenvalue weighted by Gasteiger charge is 2.21. The van der Waals surface area contributed by atoms with Gasteiger partial charge in [0, 0.05) is 11.1 Å². The maximum Gasteiger partial charge on any atom is 0.275 e. The molecule has 1 aliphatic heterocycles. The van der Waals surface area contributed by atoms with Crippen molar-refractivity contribution in [3.63, 3.8) is 0 Å². The van der Waals surface area contributed by atoms with Crippen molar-refractivity contribution < 1.29 is 0 Å². The number of nitrogens with zero attached hydrogens (tertiary/aromatic N) is 2. The Bertz CT molecular complexity index is 1370. The molecule has 0 unspecified atom stereocenters. The van der Waals surface area contributed by atoms with E-state index in [4.69, 9.17) is 0 Å². The Hall–Kier alpha value is -3.70. The van der Waals surface area contributed by atoms with Gasteiger partial charge in [0.05, 0.1) is 15.9 Å². The van der Waals surface area contributed by atoms with Gasteiger partial charge in [0.15, 0.2) is 0 Å². The van der Waals surface area contributed by atoms with Crippen molar-refractivity contribution in [2.24, 2.45) is 5.10 Å². The average Bonchev–Trinajstić information content (AvgIpc) is 3.10. The molecule has 4 aromatic rings. The molecule has 0 fully saturated rings. The van der Waals surface area contributed by atoms with Crippen molar-refractivity contribution in [1.82, 2.24) is 9.99 Å². The number of hydrogen-bond acceptors (Lipinski definition) is 4. The number of benzene rings is 3. The minimum Gasteiger partial charge on any atom is -0.273 e. The molecule has 140 valence electrons. The van der Waals surface area contributed by atoms with E-state index in [0.717, 1.165) is 28.1 Å². The van der Waals surface area contributed by atoms with Crippen LogP contribution in [0.25, 0.3) is 17.5 Å². The Morgan fingerprint density at radius 3 is 2.03 bits per heavy atom. The van der Waals surface area contributed by atoms with Gasteiger partial charge >= 0.3 is 0 Å². The number of nitrogens with one attached hydrogen (secondary N) is 1. The normalized spacial score (nSPS) is 13.6. The Morgan fingerprint density at radius 2 is 1.38 bits per heavy atom. The van der Waals surface area contributed by atoms with Crippen molar-refractivity contribution in [3.05, 3.63) is 127 Å². The van der Waals surface area contributed by atoms with Crippen molar-refractivity contribution in [2.75, 3.05) is 0 Å². The van der Waals surface area contributed by atoms with Gasteiger partial charge in [-0.25, -0.2) is 4.57 Å². The van der Waals surface area contributed by atoms with E-state index in [1.54, 1.807) is 4.57 Å². The number of thiazole rings is 1. The van der Waals surface area contributed by atoms with Gasteiger partial charge in [0.25, 0.3) is 5.56 Å². The highest BCUT2D eigenvalue weighted by molar-refractivity contribution is 7.07. The molecule has 0 radical (unpaired) electrons. The largest absolute Gasteiger partial charge is 0.275 e. The summed E-state index contributed by atoms with van der Waals surface area (Å²) < 4.78 is 2.37. The molecule has 0 bridgehead atoms. The smallest absolute Gasteiger partial charge is 0.273 e. The minimum atomic E-state index is -0.0635. The molecule has 3 aromatic carbocycles. The summed E-state index contributed by atoms with van der Waals surface area (Å²) in [4.78, 5) is 14.0. The third-order valence-corrected chi connectivity index (χ3v) is 5.71. The zero-order valence-electron chi connectivity index (χ0n) is 15.4. The molecular formula is C24H17N3OS. The predicted molar refractivity (Wildman–Crippen MR) is 118 cm³/mol. The van der Waals surface area contributed by atoms with Crippen molar-refractivity contribution in [2.45, 2.75) is 0 Å². The zero-order valence-corrected chi connectivity index (χ0v) is 16.3. The fourth-order valence-corrected chi connectivity index (χ4v) is 4.32. The van der Waals surface area contributed by atoms with Crippen LogP contribution >= 0.6 is 11.3 Å². The molecule has 1 N–H and O–H groups in total. The van der Waals surface area contributed by atoms with Gasteiger partial charge in [0.2, 0.25) is 4.80 Å². The first-order chi connectivity index (χ1) is 14.3. The van der Waals surface area contributed by atoms with E-state index in [2.05, 4.69) is 10.5 Å². The second-order valence-corrected chi connectivity index (χ2v) is 7.63. The molecule has 0 atom stereocenters. The topological polar surface area (TPSA) is 46.4 Å². The van der Waals surface area contributed by atoms with Crippen LogP contribution in [0.5, 0.6) is 0 Å². The Kier molecular flexibility index (Phi) is 4.42. The summed E-state index contributed by atoms with van der Waals surface area (Å²) in [6.07, 6.45) is 1.92. The van der Waals surface area contributed by atoms with Gasteiger partial charge in [0.1, 0.15) is 0 Å². The van der Waals surface area contributed by atoms with E-state index in [1.807, 2.05) is 97.1 Å². The molecule has 0 saturated heterocycles. The number of aromatic nitrogens is 1. The zero-order chi connectivity index (χ0) is 19.6. The lowest BCUT2D eigenvalue weighted by molar-refractivity contribution is 0.835. The summed E-state index contributed by atoms with van der Waals surface area (Å²) in [5.41, 5.74) is 7.68. The summed E-state index contributed by atoms with van der Waals surface area (Å²) in [5.74, 6) is 0. The molecule has 2 heterocycles. The van der Waals surface area contributed by atoms with E-state index in [1.165, 1.54) is 11.3 Å². The standard InChI is InChI=1S/C24H17N3OS/c28-23-20(16-17-10-4-1-5-11-17)29-24-26-25-21(18-12-6-2-7-13-18)22(27(23)24)19-14-8-3-9-15-19/h1-16,25H/b20-16-. The monoisotopic (exact) mass is 395 g/mol. The van der Waals surface area contributed by atoms with Gasteiger partial charge < -0.3 is 0 Å². The van der Waals surface area contributed by atoms with E-state index < -0.39 is 0 Å². The van der Waals surface area contributed by atoms with Gasteiger partial charge in [-0.3, -0.25) is 10.2 Å². The second kappa shape index (κ2) is 7.37. The number of rotatable bonds is 3. The van der Waals surface area contributed by atoms with E-state index in [9.17, 15) is 4.79 Å². The van der Waals surface area contributed by atoms with Crippen molar-refractivity contribution in [1.29, 1.82) is 0 Å². The Labute approximate surface area is 171 Å². The summed E-state index contributed by atoms with van der Waals surface area (Å²) in [6.45, 7) is 0. The maximum absolute atomic E-state index is 13.4. The lowest BCUT2D eigenvalue weighted by Gasteiger charge is -2.19. The van der Waals surface area contributed by atoms with E-state index in [-0.39, 0.29) is 5.56 Å². The van der Waals surface area contributed by atoms with Gasteiger partial charge in [-0.05, 0) is 11.6 Å². The van der Waals surface area contributed by atoms with Crippen LogP contribution in [0.4, 0.5) is 0 Å². The van der Waals surface area contributed by atoms with Crippen molar-refractivity contribution >= 4 is 28.8 Å². The van der Waals surface area contributed by atoms with Crippen molar-refractivity contribution in [3.8, 4) is 0 Å². The van der Waals surface area contributed by atoms with Gasteiger partial charge in [-0.1, -0.05) is 102 Å². The molecule has 4 nitrogen and oxygen atoms in total. The lowest BCUT2D eigenvalue weighted by Crippen LogP contribution is -2.36. The van der Waals surface area contributed by atoms with Crippen LogP contribution in [0.15, 0.2) is 101 Å². The maximum atomic E-state index is 13.4. The molecule has 5 rings (SSSR count). The van der Waals surface area contributed by atoms with Crippen LogP contribution in [-0.2, 0) is 0 Å². The predicted octanol–water partition coefficient (Wildman–Crippen LogP) is 3.25. The molecule has 5 heteroatoms. The quantitative estimate of drug-likeness (QED) is 0.579. The molecular weight excluding hydrogens is 378 g/mol. The third kappa shape index (κ3) is 3.22. The molecule has 1 aliphatic rings. The lowest BCUT2D eigenvalue weighted by atomic mass is 10.0. The SMILES string of the molecule is O=c1/c(=C/c2ccccc2)sc2n1C(c1ccccc1)=C(c1ccccc1)NN=2. The van der Waals surface area contributed by atoms with Gasteiger partial charge in [-0.15, -0.1) is 5.10 Å². The van der Waals surface area contributed by atoms with Crippen LogP contribution in [0.2, 0.25) is 0 Å². The molecule has 0 amide bonds. The van der Waals surface area contributed by atoms with Crippen LogP contribution in [0.1, 0.15) is 16.7 Å². The summed E-state index contributed by atoms with van der Waals surface area (Å²) in [6, 6.07) is 29.8. The van der Waals surface area contributed by atoms with Gasteiger partial charge in [-0.2, -0.15) is 0 Å². The summed E-state index contributed by atoms with van der Waals surface area (Å²) in [7, 11) is 0. The first-order valence-corrected chi connectivity index (χ1v) is 10.1. The first-order valence-electron chi connectivity index (χ1n) is 9.29. The van der Waals surface area contributed by atoms with Crippen LogP contribution in [0, 0.1) is 0 Å². The summed E-state index contributed by atoms with van der Waals surface area (Å²) >= 11 is 1.38.